The van der Waals surface area contributed by atoms with Gasteiger partial charge in [0.05, 0.1) is 36.4 Å². The summed E-state index contributed by atoms with van der Waals surface area (Å²) in [6, 6.07) is 10.2. The Morgan fingerprint density at radius 1 is 1.08 bits per heavy atom. The van der Waals surface area contributed by atoms with Gasteiger partial charge in [0, 0.05) is 4.88 Å². The van der Waals surface area contributed by atoms with Gasteiger partial charge in [0.15, 0.2) is 22.1 Å². The molecule has 0 saturated carbocycles. The number of ether oxygens (including phenoxy) is 2. The van der Waals surface area contributed by atoms with Crippen molar-refractivity contribution in [2.45, 2.75) is 47.1 Å². The second kappa shape index (κ2) is 9.67. The number of carbonyl (C=O) groups is 1. The fourth-order valence-electron chi connectivity index (χ4n) is 4.54. The fraction of sp³-hybridized carbons (Fsp3) is 0.345. The third-order valence-electron chi connectivity index (χ3n) is 6.71. The van der Waals surface area contributed by atoms with Gasteiger partial charge in [-0.15, -0.1) is 11.3 Å². The van der Waals surface area contributed by atoms with Crippen molar-refractivity contribution in [2.75, 3.05) is 18.6 Å². The molecule has 1 atom stereocenters. The van der Waals surface area contributed by atoms with E-state index < -0.39 is 6.04 Å². The lowest BCUT2D eigenvalue weighted by Crippen LogP contribution is -2.29. The average Bonchev–Trinajstić information content (AvgIpc) is 3.35. The summed E-state index contributed by atoms with van der Waals surface area (Å²) >= 11 is 1.42. The van der Waals surface area contributed by atoms with E-state index in [1.54, 1.807) is 24.1 Å². The smallest absolute Gasteiger partial charge is 0.297 e. The Morgan fingerprint density at radius 2 is 1.86 bits per heavy atom. The number of nitrogens with zero attached hydrogens (tertiary/aromatic N) is 2. The maximum atomic E-state index is 13.9. The molecule has 1 aliphatic rings. The number of methoxy groups -OCH3 is 1. The summed E-state index contributed by atoms with van der Waals surface area (Å²) in [6.07, 6.45) is 0.916. The number of rotatable bonds is 7. The van der Waals surface area contributed by atoms with Crippen LogP contribution in [-0.2, 0) is 0 Å². The molecule has 2 aromatic heterocycles. The summed E-state index contributed by atoms with van der Waals surface area (Å²) in [6.45, 7) is 10.6. The van der Waals surface area contributed by atoms with Crippen LogP contribution >= 0.6 is 11.3 Å². The number of anilines is 1. The van der Waals surface area contributed by atoms with Crippen molar-refractivity contribution in [1.82, 2.24) is 4.98 Å². The first-order chi connectivity index (χ1) is 17.7. The minimum atomic E-state index is -0.716. The zero-order chi connectivity index (χ0) is 26.4. The van der Waals surface area contributed by atoms with Crippen LogP contribution in [0.2, 0.25) is 0 Å². The zero-order valence-corrected chi connectivity index (χ0v) is 22.7. The van der Waals surface area contributed by atoms with Crippen molar-refractivity contribution in [1.29, 1.82) is 0 Å². The van der Waals surface area contributed by atoms with Crippen molar-refractivity contribution in [3.05, 3.63) is 79.6 Å². The first-order valence-electron chi connectivity index (χ1n) is 12.3. The van der Waals surface area contributed by atoms with Crippen LogP contribution in [-0.4, -0.2) is 24.6 Å². The Labute approximate surface area is 219 Å². The van der Waals surface area contributed by atoms with E-state index in [0.29, 0.717) is 51.3 Å². The van der Waals surface area contributed by atoms with Crippen molar-refractivity contribution in [3.63, 3.8) is 0 Å². The maximum Gasteiger partial charge on any atom is 0.297 e. The minimum Gasteiger partial charge on any atom is -0.493 e. The van der Waals surface area contributed by atoms with Gasteiger partial charge in [0.25, 0.3) is 5.91 Å². The van der Waals surface area contributed by atoms with Crippen molar-refractivity contribution >= 4 is 33.3 Å². The number of benzene rings is 2. The molecule has 37 heavy (non-hydrogen) atoms. The Balaban J connectivity index is 1.69. The lowest BCUT2D eigenvalue weighted by Gasteiger charge is -2.23. The van der Waals surface area contributed by atoms with Crippen LogP contribution in [0.25, 0.3) is 11.0 Å². The summed E-state index contributed by atoms with van der Waals surface area (Å²) in [7, 11) is 1.58. The van der Waals surface area contributed by atoms with Crippen LogP contribution in [0.1, 0.15) is 64.1 Å². The van der Waals surface area contributed by atoms with Crippen LogP contribution in [0.4, 0.5) is 5.13 Å². The van der Waals surface area contributed by atoms with Crippen LogP contribution in [0.15, 0.2) is 45.6 Å². The topological polar surface area (TPSA) is 81.9 Å². The highest BCUT2D eigenvalue weighted by Crippen LogP contribution is 2.44. The Kier molecular flexibility index (Phi) is 6.54. The van der Waals surface area contributed by atoms with Crippen LogP contribution in [0.3, 0.4) is 0 Å². The molecule has 0 bridgehead atoms. The van der Waals surface area contributed by atoms with Gasteiger partial charge in [-0.05, 0) is 62.9 Å². The molecule has 4 aromatic rings. The average molecular weight is 519 g/mol. The molecule has 192 valence electrons. The third kappa shape index (κ3) is 4.39. The SMILES string of the molecule is COc1cc(C2c3c(oc4ccc(C)cc4c3=O)C(=O)N2c2nc(C)c(C)s2)ccc1OCCC(C)C. The molecule has 8 heteroatoms. The third-order valence-corrected chi connectivity index (χ3v) is 7.78. The van der Waals surface area contributed by atoms with Gasteiger partial charge in [0.2, 0.25) is 5.76 Å². The highest BCUT2D eigenvalue weighted by molar-refractivity contribution is 7.15. The first kappa shape index (κ1) is 25.0. The van der Waals surface area contributed by atoms with Gasteiger partial charge < -0.3 is 13.9 Å². The number of thiazole rings is 1. The summed E-state index contributed by atoms with van der Waals surface area (Å²) in [4.78, 5) is 34.9. The largest absolute Gasteiger partial charge is 0.493 e. The number of amides is 1. The molecule has 0 fully saturated rings. The van der Waals surface area contributed by atoms with Crippen molar-refractivity contribution < 1.29 is 18.7 Å². The fourth-order valence-corrected chi connectivity index (χ4v) is 5.47. The molecule has 1 amide bonds. The summed E-state index contributed by atoms with van der Waals surface area (Å²) in [5, 5.41) is 0.970. The lowest BCUT2D eigenvalue weighted by molar-refractivity contribution is 0.0971. The quantitative estimate of drug-likeness (QED) is 0.283. The number of hydrogen-bond acceptors (Lipinski definition) is 7. The molecule has 0 N–H and O–H groups in total. The van der Waals surface area contributed by atoms with Gasteiger partial charge in [0.1, 0.15) is 5.58 Å². The van der Waals surface area contributed by atoms with E-state index in [9.17, 15) is 9.59 Å². The van der Waals surface area contributed by atoms with Gasteiger partial charge >= 0.3 is 0 Å². The van der Waals surface area contributed by atoms with Crippen molar-refractivity contribution in [2.24, 2.45) is 5.92 Å². The van der Waals surface area contributed by atoms with Gasteiger partial charge in [-0.1, -0.05) is 31.5 Å². The van der Waals surface area contributed by atoms with Crippen LogP contribution in [0.5, 0.6) is 11.5 Å². The molecule has 1 unspecified atom stereocenters. The molecule has 0 spiro atoms. The van der Waals surface area contributed by atoms with E-state index in [2.05, 4.69) is 18.8 Å². The predicted molar refractivity (Wildman–Crippen MR) is 145 cm³/mol. The van der Waals surface area contributed by atoms with E-state index in [1.165, 1.54) is 11.3 Å². The van der Waals surface area contributed by atoms with E-state index in [-0.39, 0.29) is 17.1 Å². The molecular weight excluding hydrogens is 488 g/mol. The van der Waals surface area contributed by atoms with E-state index in [4.69, 9.17) is 13.9 Å². The van der Waals surface area contributed by atoms with E-state index >= 15 is 0 Å². The monoisotopic (exact) mass is 518 g/mol. The number of fused-ring (bicyclic) bond motifs is 2. The highest BCUT2D eigenvalue weighted by Gasteiger charge is 2.45. The molecule has 0 saturated heterocycles. The van der Waals surface area contributed by atoms with Crippen molar-refractivity contribution in [3.8, 4) is 11.5 Å². The molecule has 0 radical (unpaired) electrons. The number of hydrogen-bond donors (Lipinski definition) is 0. The summed E-state index contributed by atoms with van der Waals surface area (Å²) in [5.41, 5.74) is 2.97. The van der Waals surface area contributed by atoms with Crippen LogP contribution in [0, 0.1) is 26.7 Å². The molecule has 3 heterocycles. The lowest BCUT2D eigenvalue weighted by atomic mass is 9.98. The number of aryl methyl sites for hydroxylation is 3. The molecular formula is C29H30N2O5S. The van der Waals surface area contributed by atoms with Gasteiger partial charge in [-0.3, -0.25) is 14.5 Å². The van der Waals surface area contributed by atoms with E-state index in [0.717, 1.165) is 22.6 Å². The highest BCUT2D eigenvalue weighted by atomic mass is 32.1. The molecule has 0 aliphatic carbocycles. The van der Waals surface area contributed by atoms with Gasteiger partial charge in [-0.25, -0.2) is 4.98 Å². The number of carbonyl (C=O) groups excluding carboxylic acids is 1. The minimum absolute atomic E-state index is 0.0492. The molecule has 7 nitrogen and oxygen atoms in total. The Morgan fingerprint density at radius 3 is 2.54 bits per heavy atom. The maximum absolute atomic E-state index is 13.9. The second-order valence-electron chi connectivity index (χ2n) is 9.83. The summed E-state index contributed by atoms with van der Waals surface area (Å²) < 4.78 is 17.7. The van der Waals surface area contributed by atoms with Gasteiger partial charge in [-0.2, -0.15) is 0 Å². The standard InChI is InChI=1S/C29H30N2O5S/c1-15(2)11-12-35-22-10-8-19(14-23(22)34-6)25-24-26(32)20-13-16(3)7-9-21(20)36-27(24)28(33)31(25)29-30-17(4)18(5)37-29/h7-10,13-15,25H,11-12H2,1-6H3. The second-order valence-corrected chi connectivity index (χ2v) is 11.0. The zero-order valence-electron chi connectivity index (χ0n) is 21.9. The first-order valence-corrected chi connectivity index (χ1v) is 13.2. The van der Waals surface area contributed by atoms with Crippen LogP contribution < -0.4 is 19.8 Å². The van der Waals surface area contributed by atoms with E-state index in [1.807, 2.05) is 45.0 Å². The number of aromatic nitrogens is 1. The normalized spacial score (nSPS) is 15.1. The Hall–Kier alpha value is -3.65. The summed E-state index contributed by atoms with van der Waals surface area (Å²) in [5.74, 6) is 1.33. The molecule has 5 rings (SSSR count). The predicted octanol–water partition coefficient (Wildman–Crippen LogP) is 6.36. The molecule has 2 aromatic carbocycles. The molecule has 1 aliphatic heterocycles. The Bertz CT molecular complexity index is 1550.